The van der Waals surface area contributed by atoms with Crippen molar-refractivity contribution in [3.8, 4) is 11.4 Å². The summed E-state index contributed by atoms with van der Waals surface area (Å²) in [6.07, 6.45) is 3.28. The second kappa shape index (κ2) is 10.2. The summed E-state index contributed by atoms with van der Waals surface area (Å²) in [4.78, 5) is 15.2. The molecule has 2 aromatic carbocycles. The van der Waals surface area contributed by atoms with Crippen LogP contribution in [0.1, 0.15) is 25.3 Å². The number of nitrogens with zero attached hydrogens (tertiary/aromatic N) is 4. The van der Waals surface area contributed by atoms with Gasteiger partial charge in [-0.3, -0.25) is 4.79 Å². The van der Waals surface area contributed by atoms with Gasteiger partial charge in [0, 0.05) is 37.7 Å². The molecule has 1 aromatic heterocycles. The molecule has 0 atom stereocenters. The van der Waals surface area contributed by atoms with E-state index in [-0.39, 0.29) is 60.9 Å². The number of benzene rings is 2. The Kier molecular flexibility index (Phi) is 7.06. The third kappa shape index (κ3) is 5.74. The Morgan fingerprint density at radius 2 is 1.72 bits per heavy atom. The number of piperazine rings is 1. The summed E-state index contributed by atoms with van der Waals surface area (Å²) in [6.45, 7) is 2.97. The van der Waals surface area contributed by atoms with Gasteiger partial charge < -0.3 is 15.4 Å². The van der Waals surface area contributed by atoms with E-state index in [2.05, 4.69) is 5.10 Å². The van der Waals surface area contributed by atoms with Gasteiger partial charge in [0.05, 0.1) is 29.9 Å². The molecule has 1 aliphatic carbocycles. The minimum Gasteiger partial charge on any atom is -0.486 e. The molecule has 1 aliphatic heterocycles. The van der Waals surface area contributed by atoms with Crippen LogP contribution in [0, 0.1) is 22.9 Å². The van der Waals surface area contributed by atoms with Crippen molar-refractivity contribution in [1.29, 1.82) is 0 Å². The average Bonchev–Trinajstić information content (AvgIpc) is 3.62. The van der Waals surface area contributed by atoms with Gasteiger partial charge in [-0.1, -0.05) is 19.1 Å². The second-order valence-corrected chi connectivity index (χ2v) is 12.2. The highest BCUT2D eigenvalue weighted by atomic mass is 32.2. The highest BCUT2D eigenvalue weighted by Crippen LogP contribution is 2.45. The van der Waals surface area contributed by atoms with Gasteiger partial charge in [-0.05, 0) is 36.6 Å². The zero-order valence-electron chi connectivity index (χ0n) is 21.2. The molecule has 9 nitrogen and oxygen atoms in total. The third-order valence-corrected chi connectivity index (χ3v) is 8.96. The number of ether oxygens (including phenoxy) is 1. The Bertz CT molecular complexity index is 1550. The molecular formula is C26H28F3N5O4S. The number of hydrogen-bond donors (Lipinski definition) is 1. The van der Waals surface area contributed by atoms with Crippen molar-refractivity contribution in [2.75, 3.05) is 43.4 Å². The van der Waals surface area contributed by atoms with Gasteiger partial charge in [-0.2, -0.15) is 14.1 Å². The molecule has 3 aromatic rings. The predicted molar refractivity (Wildman–Crippen MR) is 140 cm³/mol. The highest BCUT2D eigenvalue weighted by molar-refractivity contribution is 7.88. The quantitative estimate of drug-likeness (QED) is 0.420. The SMILES string of the molecule is CC1(COc2c(N3CCN(S(=O)(=O)Cc4cccc(F)c4N)CC3)cnn(-c3cc(F)cc(F)c3)c2=O)CC1. The van der Waals surface area contributed by atoms with E-state index in [1.165, 1.54) is 28.7 Å². The number of para-hydroxylation sites is 1. The van der Waals surface area contributed by atoms with E-state index in [4.69, 9.17) is 10.5 Å². The molecule has 0 unspecified atom stereocenters. The maximum atomic E-state index is 13.8. The normalized spacial score (nSPS) is 17.3. The van der Waals surface area contributed by atoms with Gasteiger partial charge in [-0.15, -0.1) is 0 Å². The summed E-state index contributed by atoms with van der Waals surface area (Å²) < 4.78 is 75.7. The van der Waals surface area contributed by atoms with Crippen molar-refractivity contribution >= 4 is 21.4 Å². The monoisotopic (exact) mass is 563 g/mol. The minimum absolute atomic E-state index is 0.0216. The molecule has 13 heteroatoms. The number of anilines is 2. The van der Waals surface area contributed by atoms with Gasteiger partial charge in [0.15, 0.2) is 0 Å². The largest absolute Gasteiger partial charge is 0.486 e. The maximum absolute atomic E-state index is 13.8. The van der Waals surface area contributed by atoms with Crippen LogP contribution in [0.25, 0.3) is 5.69 Å². The van der Waals surface area contributed by atoms with E-state index in [0.717, 1.165) is 29.7 Å². The molecular weight excluding hydrogens is 535 g/mol. The van der Waals surface area contributed by atoms with Gasteiger partial charge >= 0.3 is 5.56 Å². The summed E-state index contributed by atoms with van der Waals surface area (Å²) in [5.41, 5.74) is 5.24. The molecule has 39 heavy (non-hydrogen) atoms. The second-order valence-electron chi connectivity index (χ2n) is 10.3. The molecule has 1 saturated carbocycles. The number of rotatable bonds is 8. The summed E-state index contributed by atoms with van der Waals surface area (Å²) >= 11 is 0. The van der Waals surface area contributed by atoms with Gasteiger partial charge in [-0.25, -0.2) is 21.6 Å². The van der Waals surface area contributed by atoms with Crippen LogP contribution in [0.4, 0.5) is 24.5 Å². The fourth-order valence-corrected chi connectivity index (χ4v) is 5.99. The van der Waals surface area contributed by atoms with Crippen LogP contribution >= 0.6 is 0 Å². The number of nitrogen functional groups attached to an aromatic ring is 1. The number of nitrogens with two attached hydrogens (primary N) is 1. The molecule has 2 N–H and O–H groups in total. The summed E-state index contributed by atoms with van der Waals surface area (Å²) in [7, 11) is -3.80. The van der Waals surface area contributed by atoms with Crippen LogP contribution in [0.15, 0.2) is 47.4 Å². The van der Waals surface area contributed by atoms with Crippen LogP contribution in [-0.2, 0) is 15.8 Å². The molecule has 2 fully saturated rings. The molecule has 208 valence electrons. The Hall–Kier alpha value is -3.58. The Morgan fingerprint density at radius 3 is 2.36 bits per heavy atom. The summed E-state index contributed by atoms with van der Waals surface area (Å²) in [6, 6.07) is 6.74. The van der Waals surface area contributed by atoms with Gasteiger partial charge in [0.2, 0.25) is 15.8 Å². The summed E-state index contributed by atoms with van der Waals surface area (Å²) in [5.74, 6) is -2.85. The Balaban J connectivity index is 1.38. The maximum Gasteiger partial charge on any atom is 0.316 e. The van der Waals surface area contributed by atoms with Crippen molar-refractivity contribution in [3.05, 3.63) is 76.0 Å². The number of halogens is 3. The van der Waals surface area contributed by atoms with Crippen molar-refractivity contribution in [1.82, 2.24) is 14.1 Å². The first-order valence-corrected chi connectivity index (χ1v) is 14.0. The molecule has 0 bridgehead atoms. The lowest BCUT2D eigenvalue weighted by molar-refractivity contribution is 0.242. The van der Waals surface area contributed by atoms with Crippen LogP contribution in [0.5, 0.6) is 5.75 Å². The van der Waals surface area contributed by atoms with Crippen molar-refractivity contribution in [2.45, 2.75) is 25.5 Å². The molecule has 0 amide bonds. The first-order valence-electron chi connectivity index (χ1n) is 12.4. The van der Waals surface area contributed by atoms with Crippen molar-refractivity contribution < 1.29 is 26.3 Å². The van der Waals surface area contributed by atoms with Crippen molar-refractivity contribution in [2.24, 2.45) is 5.41 Å². The smallest absolute Gasteiger partial charge is 0.316 e. The standard InChI is InChI=1S/C26H28F3N5O4S/c1-26(5-6-26)16-38-24-22(14-31-34(25(24)35)20-12-18(27)11-19(28)13-20)32-7-9-33(10-8-32)39(36,37)15-17-3-2-4-21(29)23(17)30/h2-4,11-14H,5-10,15-16,30H2,1H3. The molecule has 5 rings (SSSR count). The predicted octanol–water partition coefficient (Wildman–Crippen LogP) is 3.06. The van der Waals surface area contributed by atoms with E-state index < -0.39 is 38.8 Å². The van der Waals surface area contributed by atoms with Gasteiger partial charge in [0.25, 0.3) is 0 Å². The van der Waals surface area contributed by atoms with Crippen LogP contribution in [0.3, 0.4) is 0 Å². The molecule has 0 radical (unpaired) electrons. The van der Waals surface area contributed by atoms with E-state index in [1.807, 2.05) is 6.92 Å². The number of sulfonamides is 1. The van der Waals surface area contributed by atoms with Crippen molar-refractivity contribution in [3.63, 3.8) is 0 Å². The average molecular weight is 564 g/mol. The van der Waals surface area contributed by atoms with Gasteiger partial charge in [0.1, 0.15) is 23.1 Å². The van der Waals surface area contributed by atoms with Crippen LogP contribution in [0.2, 0.25) is 0 Å². The highest BCUT2D eigenvalue weighted by Gasteiger charge is 2.39. The molecule has 0 spiro atoms. The van der Waals surface area contributed by atoms with E-state index in [1.54, 1.807) is 4.90 Å². The van der Waals surface area contributed by atoms with Crippen LogP contribution in [-0.4, -0.2) is 55.3 Å². The molecule has 2 heterocycles. The lowest BCUT2D eigenvalue weighted by Gasteiger charge is -2.35. The zero-order valence-corrected chi connectivity index (χ0v) is 22.1. The van der Waals surface area contributed by atoms with Crippen LogP contribution < -0.4 is 20.9 Å². The Morgan fingerprint density at radius 1 is 1.05 bits per heavy atom. The molecule has 1 saturated heterocycles. The summed E-state index contributed by atoms with van der Waals surface area (Å²) in [5, 5.41) is 4.14. The topological polar surface area (TPSA) is 111 Å². The fourth-order valence-electron chi connectivity index (χ4n) is 4.44. The lowest BCUT2D eigenvalue weighted by Crippen LogP contribution is -2.49. The number of hydrogen-bond acceptors (Lipinski definition) is 7. The zero-order chi connectivity index (χ0) is 27.9. The van der Waals surface area contributed by atoms with E-state index in [0.29, 0.717) is 11.8 Å². The minimum atomic E-state index is -3.80. The molecule has 2 aliphatic rings. The fraction of sp³-hybridized carbons (Fsp3) is 0.385. The van der Waals surface area contributed by atoms with E-state index >= 15 is 0 Å². The Labute approximate surface area is 223 Å². The first-order chi connectivity index (χ1) is 18.5. The van der Waals surface area contributed by atoms with E-state index in [9.17, 15) is 26.4 Å². The third-order valence-electron chi connectivity index (χ3n) is 7.13. The first kappa shape index (κ1) is 27.0. The number of aromatic nitrogens is 2. The lowest BCUT2D eigenvalue weighted by atomic mass is 10.2.